The first-order valence-corrected chi connectivity index (χ1v) is 8.49. The molecule has 0 atom stereocenters. The molecule has 0 spiro atoms. The average Bonchev–Trinajstić information content (AvgIpc) is 2.59. The Morgan fingerprint density at radius 3 is 2.08 bits per heavy atom. The zero-order chi connectivity index (χ0) is 18.4. The number of rotatable bonds is 5. The van der Waals surface area contributed by atoms with Gasteiger partial charge >= 0.3 is 0 Å². The number of amides is 1. The third-order valence-corrected chi connectivity index (χ3v) is 3.92. The maximum absolute atomic E-state index is 12.2. The smallest absolute Gasteiger partial charge is 0.271 e. The molecule has 0 aromatic heterocycles. The Hall–Kier alpha value is -2.62. The fourth-order valence-corrected chi connectivity index (χ4v) is 2.34. The Morgan fingerprint density at radius 2 is 1.56 bits per heavy atom. The van der Waals surface area contributed by atoms with Crippen LogP contribution in [0.4, 0.5) is 0 Å². The molecule has 0 saturated heterocycles. The Morgan fingerprint density at radius 1 is 1.00 bits per heavy atom. The normalized spacial score (nSPS) is 12.0. The second-order valence-electron chi connectivity index (χ2n) is 6.92. The van der Waals surface area contributed by atoms with Crippen molar-refractivity contribution in [3.05, 3.63) is 65.2 Å². The molecule has 1 amide bonds. The van der Waals surface area contributed by atoms with Crippen LogP contribution >= 0.6 is 0 Å². The molecule has 1 N–H and O–H groups in total. The highest BCUT2D eigenvalue weighted by molar-refractivity contribution is 6.00. The van der Waals surface area contributed by atoms with Crippen molar-refractivity contribution in [2.75, 3.05) is 6.61 Å². The van der Waals surface area contributed by atoms with Crippen molar-refractivity contribution in [3.8, 4) is 5.75 Å². The van der Waals surface area contributed by atoms with Gasteiger partial charge in [-0.1, -0.05) is 45.0 Å². The molecule has 0 saturated carbocycles. The van der Waals surface area contributed by atoms with E-state index in [0.29, 0.717) is 12.2 Å². The maximum Gasteiger partial charge on any atom is 0.271 e. The van der Waals surface area contributed by atoms with E-state index in [0.717, 1.165) is 17.0 Å². The molecule has 4 nitrogen and oxygen atoms in total. The summed E-state index contributed by atoms with van der Waals surface area (Å²) in [6, 6.07) is 15.3. The van der Waals surface area contributed by atoms with Crippen LogP contribution in [-0.4, -0.2) is 18.2 Å². The number of benzene rings is 2. The molecule has 4 heteroatoms. The fourth-order valence-electron chi connectivity index (χ4n) is 2.34. The quantitative estimate of drug-likeness (QED) is 0.643. The van der Waals surface area contributed by atoms with E-state index in [2.05, 4.69) is 43.4 Å². The van der Waals surface area contributed by atoms with Crippen LogP contribution in [0.2, 0.25) is 0 Å². The van der Waals surface area contributed by atoms with Crippen LogP contribution in [0, 0.1) is 0 Å². The number of ether oxygens (including phenoxy) is 1. The Bertz CT molecular complexity index is 739. The topological polar surface area (TPSA) is 50.7 Å². The molecule has 2 aromatic rings. The lowest BCUT2D eigenvalue weighted by molar-refractivity contribution is 0.0955. The van der Waals surface area contributed by atoms with Crippen LogP contribution in [0.3, 0.4) is 0 Å². The number of hydrogen-bond acceptors (Lipinski definition) is 3. The lowest BCUT2D eigenvalue weighted by atomic mass is 9.86. The van der Waals surface area contributed by atoms with Crippen molar-refractivity contribution in [2.24, 2.45) is 5.10 Å². The summed E-state index contributed by atoms with van der Waals surface area (Å²) in [6.45, 7) is 10.9. The lowest BCUT2D eigenvalue weighted by Gasteiger charge is -2.19. The molecular weight excluding hydrogens is 312 g/mol. The Kier molecular flexibility index (Phi) is 5.97. The number of nitrogens with one attached hydrogen (secondary N) is 1. The summed E-state index contributed by atoms with van der Waals surface area (Å²) < 4.78 is 5.37. The number of carbonyl (C=O) groups is 1. The summed E-state index contributed by atoms with van der Waals surface area (Å²) in [5, 5.41) is 4.21. The number of hydrogen-bond donors (Lipinski definition) is 1. The molecular formula is C21H26N2O2. The van der Waals surface area contributed by atoms with Crippen molar-refractivity contribution < 1.29 is 9.53 Å². The monoisotopic (exact) mass is 338 g/mol. The third kappa shape index (κ3) is 5.18. The molecule has 0 aliphatic heterocycles. The number of hydrazone groups is 1. The molecule has 0 fully saturated rings. The van der Waals surface area contributed by atoms with Gasteiger partial charge in [0, 0.05) is 5.56 Å². The van der Waals surface area contributed by atoms with E-state index in [1.807, 2.05) is 26.0 Å². The van der Waals surface area contributed by atoms with Crippen LogP contribution < -0.4 is 10.2 Å². The van der Waals surface area contributed by atoms with Crippen LogP contribution in [-0.2, 0) is 5.41 Å². The van der Waals surface area contributed by atoms with Gasteiger partial charge in [0.05, 0.1) is 12.3 Å². The fraction of sp³-hybridized carbons (Fsp3) is 0.333. The predicted octanol–water partition coefficient (Wildman–Crippen LogP) is 4.54. The molecule has 2 rings (SSSR count). The van der Waals surface area contributed by atoms with E-state index in [-0.39, 0.29) is 11.3 Å². The van der Waals surface area contributed by atoms with Crippen molar-refractivity contribution in [1.29, 1.82) is 0 Å². The van der Waals surface area contributed by atoms with Crippen LogP contribution in [0.25, 0.3) is 0 Å². The molecule has 0 radical (unpaired) electrons. The number of carbonyl (C=O) groups excluding carboxylic acids is 1. The minimum Gasteiger partial charge on any atom is -0.494 e. The number of nitrogens with zero attached hydrogens (tertiary/aromatic N) is 1. The first kappa shape index (κ1) is 18.7. The zero-order valence-electron chi connectivity index (χ0n) is 15.6. The van der Waals surface area contributed by atoms with Crippen LogP contribution in [0.5, 0.6) is 5.75 Å². The van der Waals surface area contributed by atoms with Crippen molar-refractivity contribution in [1.82, 2.24) is 5.43 Å². The molecule has 0 unspecified atom stereocenters. The summed E-state index contributed by atoms with van der Waals surface area (Å²) >= 11 is 0. The Balaban J connectivity index is 2.03. The van der Waals surface area contributed by atoms with Crippen molar-refractivity contribution >= 4 is 11.6 Å². The zero-order valence-corrected chi connectivity index (χ0v) is 15.6. The van der Waals surface area contributed by atoms with Gasteiger partial charge in [-0.15, -0.1) is 0 Å². The van der Waals surface area contributed by atoms with Gasteiger partial charge in [-0.05, 0) is 54.7 Å². The second-order valence-corrected chi connectivity index (χ2v) is 6.92. The second kappa shape index (κ2) is 7.97. The highest BCUT2D eigenvalue weighted by atomic mass is 16.5. The van der Waals surface area contributed by atoms with Gasteiger partial charge in [-0.25, -0.2) is 5.43 Å². The SMILES string of the molecule is CCOc1ccc(C(=O)N/N=C(/C)c2ccc(C(C)(C)C)cc2)cc1. The molecule has 0 bridgehead atoms. The Labute approximate surface area is 149 Å². The average molecular weight is 338 g/mol. The van der Waals surface area contributed by atoms with E-state index in [4.69, 9.17) is 4.74 Å². The minimum atomic E-state index is -0.242. The van der Waals surface area contributed by atoms with Gasteiger partial charge in [0.1, 0.15) is 5.75 Å². The lowest BCUT2D eigenvalue weighted by Crippen LogP contribution is -2.19. The van der Waals surface area contributed by atoms with Gasteiger partial charge in [-0.3, -0.25) is 4.79 Å². The highest BCUT2D eigenvalue weighted by Gasteiger charge is 2.13. The predicted molar refractivity (Wildman–Crippen MR) is 102 cm³/mol. The highest BCUT2D eigenvalue weighted by Crippen LogP contribution is 2.22. The van der Waals surface area contributed by atoms with Crippen molar-refractivity contribution in [3.63, 3.8) is 0 Å². The maximum atomic E-state index is 12.2. The van der Waals surface area contributed by atoms with Crippen LogP contribution in [0.1, 0.15) is 56.1 Å². The van der Waals surface area contributed by atoms with Gasteiger partial charge in [-0.2, -0.15) is 5.10 Å². The van der Waals surface area contributed by atoms with Gasteiger partial charge in [0.25, 0.3) is 5.91 Å². The standard InChI is InChI=1S/C21H26N2O2/c1-6-25-19-13-9-17(10-14-19)20(24)23-22-15(2)16-7-11-18(12-8-16)21(3,4)5/h7-14H,6H2,1-5H3,(H,23,24)/b22-15-. The van der Waals surface area contributed by atoms with E-state index >= 15 is 0 Å². The summed E-state index contributed by atoms with van der Waals surface area (Å²) in [6.07, 6.45) is 0. The van der Waals surface area contributed by atoms with E-state index in [1.54, 1.807) is 24.3 Å². The first-order valence-electron chi connectivity index (χ1n) is 8.49. The molecule has 0 aliphatic carbocycles. The largest absolute Gasteiger partial charge is 0.494 e. The molecule has 2 aromatic carbocycles. The van der Waals surface area contributed by atoms with Crippen LogP contribution in [0.15, 0.2) is 53.6 Å². The minimum absolute atomic E-state index is 0.117. The van der Waals surface area contributed by atoms with Gasteiger partial charge in [0.2, 0.25) is 0 Å². The molecule has 0 heterocycles. The van der Waals surface area contributed by atoms with Gasteiger partial charge in [0.15, 0.2) is 0 Å². The first-order chi connectivity index (χ1) is 11.8. The van der Waals surface area contributed by atoms with E-state index < -0.39 is 0 Å². The summed E-state index contributed by atoms with van der Waals surface area (Å²) in [5.41, 5.74) is 6.28. The summed E-state index contributed by atoms with van der Waals surface area (Å²) in [5.74, 6) is 0.506. The summed E-state index contributed by atoms with van der Waals surface area (Å²) in [4.78, 5) is 12.2. The van der Waals surface area contributed by atoms with E-state index in [1.165, 1.54) is 5.56 Å². The molecule has 132 valence electrons. The third-order valence-electron chi connectivity index (χ3n) is 3.92. The molecule has 25 heavy (non-hydrogen) atoms. The summed E-state index contributed by atoms with van der Waals surface area (Å²) in [7, 11) is 0. The van der Waals surface area contributed by atoms with E-state index in [9.17, 15) is 4.79 Å². The van der Waals surface area contributed by atoms with Gasteiger partial charge < -0.3 is 4.74 Å². The molecule has 0 aliphatic rings. The van der Waals surface area contributed by atoms with Crippen molar-refractivity contribution in [2.45, 2.75) is 40.0 Å².